The molecule has 0 unspecified atom stereocenters. The van der Waals surface area contributed by atoms with Gasteiger partial charge in [-0.3, -0.25) is 0 Å². The Balaban J connectivity index is 1.59. The number of ether oxygens (including phenoxy) is 1. The highest BCUT2D eigenvalue weighted by molar-refractivity contribution is 5.90. The van der Waals surface area contributed by atoms with Crippen LogP contribution in [0.4, 0.5) is 11.4 Å². The molecule has 0 fully saturated rings. The molecule has 1 aromatic heterocycles. The molecule has 0 spiro atoms. The van der Waals surface area contributed by atoms with Crippen LogP contribution in [0.5, 0.6) is 5.75 Å². The molecule has 4 aromatic carbocycles. The van der Waals surface area contributed by atoms with Crippen LogP contribution in [0.3, 0.4) is 0 Å². The van der Waals surface area contributed by atoms with Gasteiger partial charge in [-0.1, -0.05) is 54.6 Å². The Morgan fingerprint density at radius 2 is 1.29 bits per heavy atom. The van der Waals surface area contributed by atoms with E-state index in [1.807, 2.05) is 137 Å². The van der Waals surface area contributed by atoms with E-state index in [9.17, 15) is 0 Å². The molecule has 0 bridgehead atoms. The first-order valence-corrected chi connectivity index (χ1v) is 11.1. The van der Waals surface area contributed by atoms with Crippen molar-refractivity contribution in [3.05, 3.63) is 127 Å². The molecule has 0 atom stereocenters. The number of rotatable bonds is 7. The fourth-order valence-electron chi connectivity index (χ4n) is 3.71. The Bertz CT molecular complexity index is 1320. The molecule has 0 aliphatic carbocycles. The lowest BCUT2D eigenvalue weighted by Gasteiger charge is -2.19. The molecule has 0 aliphatic rings. The molecular weight excluding hydrogens is 420 g/mol. The van der Waals surface area contributed by atoms with Gasteiger partial charge < -0.3 is 4.74 Å². The molecule has 0 saturated carbocycles. The lowest BCUT2D eigenvalue weighted by atomic mass is 10.1. The quantitative estimate of drug-likeness (QED) is 0.207. The predicted molar refractivity (Wildman–Crippen MR) is 138 cm³/mol. The Hall–Kier alpha value is -4.64. The summed E-state index contributed by atoms with van der Waals surface area (Å²) < 4.78 is 7.21. The van der Waals surface area contributed by atoms with Crippen LogP contribution in [0.1, 0.15) is 5.56 Å². The van der Waals surface area contributed by atoms with Crippen molar-refractivity contribution in [2.75, 3.05) is 12.1 Å². The van der Waals surface area contributed by atoms with Crippen LogP contribution < -0.4 is 9.75 Å². The lowest BCUT2D eigenvalue weighted by Crippen LogP contribution is -2.09. The number of methoxy groups -OCH3 is 1. The Labute approximate surface area is 199 Å². The topological polar surface area (TPSA) is 42.6 Å². The molecule has 1 heterocycles. The van der Waals surface area contributed by atoms with Crippen LogP contribution in [0.2, 0.25) is 0 Å². The second-order valence-corrected chi connectivity index (χ2v) is 7.67. The minimum Gasteiger partial charge on any atom is -0.497 e. The van der Waals surface area contributed by atoms with E-state index in [2.05, 4.69) is 0 Å². The molecule has 0 N–H and O–H groups in total. The van der Waals surface area contributed by atoms with Gasteiger partial charge in [-0.2, -0.15) is 10.2 Å². The van der Waals surface area contributed by atoms with Crippen LogP contribution in [-0.4, -0.2) is 23.1 Å². The maximum Gasteiger partial charge on any atom is 0.118 e. The summed E-state index contributed by atoms with van der Waals surface area (Å²) in [6.45, 7) is 0. The van der Waals surface area contributed by atoms with E-state index < -0.39 is 0 Å². The van der Waals surface area contributed by atoms with E-state index in [-0.39, 0.29) is 0 Å². The first-order chi connectivity index (χ1) is 16.8. The smallest absolute Gasteiger partial charge is 0.118 e. The second kappa shape index (κ2) is 9.88. The molecule has 5 nitrogen and oxygen atoms in total. The molecule has 5 rings (SSSR count). The third-order valence-corrected chi connectivity index (χ3v) is 5.44. The Morgan fingerprint density at radius 3 is 1.85 bits per heavy atom. The number of hydrogen-bond acceptors (Lipinski definition) is 4. The van der Waals surface area contributed by atoms with E-state index >= 15 is 0 Å². The van der Waals surface area contributed by atoms with Crippen LogP contribution in [0.15, 0.2) is 127 Å². The maximum absolute atomic E-state index is 5.33. The van der Waals surface area contributed by atoms with E-state index in [0.717, 1.165) is 39.6 Å². The van der Waals surface area contributed by atoms with Gasteiger partial charge in [-0.15, -0.1) is 0 Å². The van der Waals surface area contributed by atoms with Crippen molar-refractivity contribution in [3.8, 4) is 22.7 Å². The van der Waals surface area contributed by atoms with Crippen LogP contribution in [0.25, 0.3) is 16.9 Å². The van der Waals surface area contributed by atoms with Gasteiger partial charge in [0.05, 0.1) is 30.4 Å². The van der Waals surface area contributed by atoms with Crippen molar-refractivity contribution in [2.24, 2.45) is 5.10 Å². The van der Waals surface area contributed by atoms with Gasteiger partial charge in [0.15, 0.2) is 0 Å². The highest BCUT2D eigenvalue weighted by atomic mass is 16.5. The first kappa shape index (κ1) is 21.2. The van der Waals surface area contributed by atoms with Crippen molar-refractivity contribution in [1.82, 2.24) is 9.78 Å². The fourth-order valence-corrected chi connectivity index (χ4v) is 3.71. The van der Waals surface area contributed by atoms with E-state index in [1.54, 1.807) is 7.11 Å². The number of benzene rings is 4. The summed E-state index contributed by atoms with van der Waals surface area (Å²) in [4.78, 5) is 0. The van der Waals surface area contributed by atoms with Crippen LogP contribution in [-0.2, 0) is 0 Å². The monoisotopic (exact) mass is 444 g/mol. The van der Waals surface area contributed by atoms with Gasteiger partial charge in [0.25, 0.3) is 0 Å². The highest BCUT2D eigenvalue weighted by Gasteiger charge is 2.13. The highest BCUT2D eigenvalue weighted by Crippen LogP contribution is 2.28. The van der Waals surface area contributed by atoms with Gasteiger partial charge in [0.2, 0.25) is 0 Å². The second-order valence-electron chi connectivity index (χ2n) is 7.67. The molecule has 5 aromatic rings. The van der Waals surface area contributed by atoms with Gasteiger partial charge in [0, 0.05) is 17.3 Å². The summed E-state index contributed by atoms with van der Waals surface area (Å²) in [7, 11) is 1.67. The third kappa shape index (κ3) is 4.59. The average molecular weight is 445 g/mol. The largest absolute Gasteiger partial charge is 0.497 e. The lowest BCUT2D eigenvalue weighted by molar-refractivity contribution is 0.415. The molecule has 0 aliphatic heterocycles. The van der Waals surface area contributed by atoms with Gasteiger partial charge in [0.1, 0.15) is 11.4 Å². The summed E-state index contributed by atoms with van der Waals surface area (Å²) in [6, 6.07) is 38.2. The van der Waals surface area contributed by atoms with Crippen LogP contribution in [0, 0.1) is 0 Å². The van der Waals surface area contributed by atoms with E-state index in [1.165, 1.54) is 0 Å². The van der Waals surface area contributed by atoms with Crippen molar-refractivity contribution in [3.63, 3.8) is 0 Å². The Morgan fingerprint density at radius 1 is 0.735 bits per heavy atom. The van der Waals surface area contributed by atoms with E-state index in [4.69, 9.17) is 14.9 Å². The minimum atomic E-state index is 0.806. The molecule has 0 saturated heterocycles. The molecular formula is C29H24N4O. The molecule has 166 valence electrons. The molecule has 0 amide bonds. The van der Waals surface area contributed by atoms with Crippen molar-refractivity contribution in [1.29, 1.82) is 0 Å². The number of para-hydroxylation sites is 3. The summed E-state index contributed by atoms with van der Waals surface area (Å²) in [5, 5.41) is 11.7. The van der Waals surface area contributed by atoms with Gasteiger partial charge >= 0.3 is 0 Å². The zero-order chi connectivity index (χ0) is 23.2. The Kier molecular flexibility index (Phi) is 6.16. The zero-order valence-corrected chi connectivity index (χ0v) is 18.8. The van der Waals surface area contributed by atoms with E-state index in [0.29, 0.717) is 0 Å². The maximum atomic E-state index is 5.33. The fraction of sp³-hybridized carbons (Fsp3) is 0.0345. The number of hydrogen-bond donors (Lipinski definition) is 0. The number of aromatic nitrogens is 2. The zero-order valence-electron chi connectivity index (χ0n) is 18.8. The van der Waals surface area contributed by atoms with Crippen molar-refractivity contribution in [2.45, 2.75) is 0 Å². The number of nitrogens with zero attached hydrogens (tertiary/aromatic N) is 4. The SMILES string of the molecule is COc1ccc(-c2nn(-c3ccccc3)cc2C=NN(c2ccccc2)c2ccccc2)cc1. The summed E-state index contributed by atoms with van der Waals surface area (Å²) in [5.41, 5.74) is 5.68. The van der Waals surface area contributed by atoms with Crippen molar-refractivity contribution >= 4 is 17.6 Å². The summed E-state index contributed by atoms with van der Waals surface area (Å²) in [6.07, 6.45) is 3.87. The van der Waals surface area contributed by atoms with Crippen molar-refractivity contribution < 1.29 is 4.74 Å². The predicted octanol–water partition coefficient (Wildman–Crippen LogP) is 6.72. The summed E-state index contributed by atoms with van der Waals surface area (Å²) in [5.74, 6) is 0.806. The van der Waals surface area contributed by atoms with Crippen LogP contribution >= 0.6 is 0 Å². The number of anilines is 2. The standard InChI is InChI=1S/C29H24N4O/c1-34-28-19-17-23(18-20-28)29-24(22-32(31-29)25-11-5-2-6-12-25)21-30-33(26-13-7-3-8-14-26)27-15-9-4-10-16-27/h2-22H,1H3. The first-order valence-electron chi connectivity index (χ1n) is 11.1. The minimum absolute atomic E-state index is 0.806. The third-order valence-electron chi connectivity index (χ3n) is 5.44. The number of hydrazone groups is 1. The average Bonchev–Trinajstić information content (AvgIpc) is 3.35. The molecule has 5 heteroatoms. The van der Waals surface area contributed by atoms with Gasteiger partial charge in [-0.05, 0) is 60.7 Å². The molecule has 34 heavy (non-hydrogen) atoms. The molecule has 0 radical (unpaired) electrons. The van der Waals surface area contributed by atoms with Gasteiger partial charge in [-0.25, -0.2) is 9.69 Å². The summed E-state index contributed by atoms with van der Waals surface area (Å²) >= 11 is 0. The normalized spacial score (nSPS) is 11.0.